The summed E-state index contributed by atoms with van der Waals surface area (Å²) in [5.74, 6) is -2.19. The van der Waals surface area contributed by atoms with Crippen molar-refractivity contribution < 1.29 is 37.0 Å². The van der Waals surface area contributed by atoms with Gasteiger partial charge in [0.1, 0.15) is 28.0 Å². The predicted octanol–water partition coefficient (Wildman–Crippen LogP) is 3.47. The molecule has 3 aromatic carbocycles. The Morgan fingerprint density at radius 2 is 1.61 bits per heavy atom. The molecule has 190 valence electrons. The van der Waals surface area contributed by atoms with Crippen molar-refractivity contribution in [1.82, 2.24) is 5.32 Å². The van der Waals surface area contributed by atoms with Gasteiger partial charge in [0, 0.05) is 25.4 Å². The first-order valence-corrected chi connectivity index (χ1v) is 12.2. The van der Waals surface area contributed by atoms with Gasteiger partial charge in [0.15, 0.2) is 0 Å². The Morgan fingerprint density at radius 1 is 0.972 bits per heavy atom. The first-order chi connectivity index (χ1) is 17.0. The number of benzene rings is 3. The highest BCUT2D eigenvalue weighted by molar-refractivity contribution is 7.91. The van der Waals surface area contributed by atoms with Crippen LogP contribution in [-0.4, -0.2) is 45.6 Å². The Bertz CT molecular complexity index is 1370. The average molecular weight is 517 g/mol. The van der Waals surface area contributed by atoms with Crippen LogP contribution in [0.3, 0.4) is 0 Å². The van der Waals surface area contributed by atoms with Gasteiger partial charge < -0.3 is 25.2 Å². The standard InChI is InChI=1S/C25H25FN2O7S/c1-15-12-18(28-25(31)24(30)27-10-11-34-3)13-16(2)23(15)35-19-6-9-21(29)22(14-19)36(32,33)20-7-4-17(26)5-8-20/h4-9,12-14,29H,10-11H2,1-3H3,(H,27,30)(H,28,31). The van der Waals surface area contributed by atoms with Crippen LogP contribution in [0, 0.1) is 19.7 Å². The van der Waals surface area contributed by atoms with Gasteiger partial charge in [-0.3, -0.25) is 9.59 Å². The summed E-state index contributed by atoms with van der Waals surface area (Å²) in [6, 6.07) is 11.2. The number of phenols is 1. The van der Waals surface area contributed by atoms with Gasteiger partial charge in [-0.1, -0.05) is 0 Å². The Labute approximate surface area is 207 Å². The molecule has 3 aromatic rings. The van der Waals surface area contributed by atoms with Gasteiger partial charge in [0.05, 0.1) is 11.5 Å². The largest absolute Gasteiger partial charge is 0.507 e. The predicted molar refractivity (Wildman–Crippen MR) is 129 cm³/mol. The second kappa shape index (κ2) is 11.2. The van der Waals surface area contributed by atoms with Crippen molar-refractivity contribution in [3.63, 3.8) is 0 Å². The number of nitrogens with one attached hydrogen (secondary N) is 2. The lowest BCUT2D eigenvalue weighted by Crippen LogP contribution is -2.37. The highest BCUT2D eigenvalue weighted by Gasteiger charge is 2.23. The number of phenolic OH excluding ortho intramolecular Hbond substituents is 1. The zero-order chi connectivity index (χ0) is 26.5. The SMILES string of the molecule is COCCNC(=O)C(=O)Nc1cc(C)c(Oc2ccc(O)c(S(=O)(=O)c3ccc(F)cc3)c2)c(C)c1. The summed E-state index contributed by atoms with van der Waals surface area (Å²) in [6.07, 6.45) is 0. The van der Waals surface area contributed by atoms with Gasteiger partial charge in [0.2, 0.25) is 9.84 Å². The van der Waals surface area contributed by atoms with Crippen LogP contribution >= 0.6 is 0 Å². The zero-order valence-electron chi connectivity index (χ0n) is 19.8. The van der Waals surface area contributed by atoms with Crippen molar-refractivity contribution in [2.75, 3.05) is 25.6 Å². The van der Waals surface area contributed by atoms with Crippen LogP contribution in [0.5, 0.6) is 17.2 Å². The van der Waals surface area contributed by atoms with E-state index in [2.05, 4.69) is 10.6 Å². The Morgan fingerprint density at radius 3 is 2.22 bits per heavy atom. The van der Waals surface area contributed by atoms with Crippen molar-refractivity contribution in [2.45, 2.75) is 23.6 Å². The lowest BCUT2D eigenvalue weighted by Gasteiger charge is -2.15. The topological polar surface area (TPSA) is 131 Å². The molecule has 0 saturated carbocycles. The fraction of sp³-hybridized carbons (Fsp3) is 0.200. The minimum Gasteiger partial charge on any atom is -0.507 e. The third kappa shape index (κ3) is 6.18. The molecule has 0 bridgehead atoms. The molecule has 0 aliphatic heterocycles. The number of aromatic hydroxyl groups is 1. The molecule has 0 fully saturated rings. The van der Waals surface area contributed by atoms with Crippen LogP contribution in [-0.2, 0) is 24.2 Å². The van der Waals surface area contributed by atoms with Crippen LogP contribution in [0.25, 0.3) is 0 Å². The van der Waals surface area contributed by atoms with E-state index in [1.807, 2.05) is 0 Å². The van der Waals surface area contributed by atoms with Gasteiger partial charge in [-0.15, -0.1) is 0 Å². The van der Waals surface area contributed by atoms with E-state index in [9.17, 15) is 27.5 Å². The van der Waals surface area contributed by atoms with E-state index in [0.29, 0.717) is 22.6 Å². The van der Waals surface area contributed by atoms with Crippen molar-refractivity contribution >= 4 is 27.3 Å². The van der Waals surface area contributed by atoms with E-state index in [1.165, 1.54) is 25.3 Å². The van der Waals surface area contributed by atoms with E-state index in [-0.39, 0.29) is 23.8 Å². The molecule has 0 aliphatic carbocycles. The van der Waals surface area contributed by atoms with E-state index < -0.39 is 38.1 Å². The van der Waals surface area contributed by atoms with Gasteiger partial charge in [-0.25, -0.2) is 12.8 Å². The second-order valence-corrected chi connectivity index (χ2v) is 9.75. The van der Waals surface area contributed by atoms with Gasteiger partial charge >= 0.3 is 11.8 Å². The fourth-order valence-electron chi connectivity index (χ4n) is 3.35. The number of halogens is 1. The van der Waals surface area contributed by atoms with Gasteiger partial charge in [0.25, 0.3) is 0 Å². The van der Waals surface area contributed by atoms with Crippen LogP contribution in [0.1, 0.15) is 11.1 Å². The number of hydrogen-bond acceptors (Lipinski definition) is 7. The number of amides is 2. The summed E-state index contributed by atoms with van der Waals surface area (Å²) in [7, 11) is -2.67. The van der Waals surface area contributed by atoms with Crippen molar-refractivity contribution in [3.05, 3.63) is 71.5 Å². The third-order valence-corrected chi connectivity index (χ3v) is 6.88. The Balaban J connectivity index is 1.82. The summed E-state index contributed by atoms with van der Waals surface area (Å²) in [4.78, 5) is 23.4. The summed E-state index contributed by atoms with van der Waals surface area (Å²) in [6.45, 7) is 3.90. The number of carbonyl (C=O) groups is 2. The number of hydrogen-bond donors (Lipinski definition) is 3. The molecule has 0 heterocycles. The molecular weight excluding hydrogens is 491 g/mol. The Hall–Kier alpha value is -3.96. The maximum atomic E-state index is 13.2. The number of rotatable bonds is 8. The molecule has 0 saturated heterocycles. The highest BCUT2D eigenvalue weighted by Crippen LogP contribution is 2.36. The van der Waals surface area contributed by atoms with Crippen LogP contribution in [0.2, 0.25) is 0 Å². The molecule has 11 heteroatoms. The van der Waals surface area contributed by atoms with Crippen molar-refractivity contribution in [3.8, 4) is 17.2 Å². The molecule has 2 amide bonds. The van der Waals surface area contributed by atoms with Gasteiger partial charge in [-0.05, 0) is 73.5 Å². The number of sulfone groups is 1. The molecule has 0 radical (unpaired) electrons. The van der Waals surface area contributed by atoms with Crippen molar-refractivity contribution in [1.29, 1.82) is 0 Å². The van der Waals surface area contributed by atoms with Crippen LogP contribution in [0.4, 0.5) is 10.1 Å². The molecule has 0 atom stereocenters. The van der Waals surface area contributed by atoms with Crippen molar-refractivity contribution in [2.24, 2.45) is 0 Å². The van der Waals surface area contributed by atoms with E-state index in [4.69, 9.17) is 9.47 Å². The number of methoxy groups -OCH3 is 1. The number of aryl methyl sites for hydroxylation is 2. The normalized spacial score (nSPS) is 11.1. The van der Waals surface area contributed by atoms with E-state index in [0.717, 1.165) is 24.3 Å². The molecule has 0 aliphatic rings. The summed E-state index contributed by atoms with van der Waals surface area (Å²) in [5, 5.41) is 15.1. The first-order valence-electron chi connectivity index (χ1n) is 10.7. The monoisotopic (exact) mass is 516 g/mol. The second-order valence-electron chi connectivity index (χ2n) is 7.83. The quantitative estimate of drug-likeness (QED) is 0.237. The first kappa shape index (κ1) is 26.6. The molecule has 3 N–H and O–H groups in total. The minimum absolute atomic E-state index is 0.133. The molecule has 36 heavy (non-hydrogen) atoms. The minimum atomic E-state index is -4.15. The molecule has 0 spiro atoms. The summed E-state index contributed by atoms with van der Waals surface area (Å²) >= 11 is 0. The highest BCUT2D eigenvalue weighted by atomic mass is 32.2. The molecule has 9 nitrogen and oxygen atoms in total. The van der Waals surface area contributed by atoms with Crippen LogP contribution < -0.4 is 15.4 Å². The van der Waals surface area contributed by atoms with E-state index in [1.54, 1.807) is 26.0 Å². The maximum absolute atomic E-state index is 13.2. The lowest BCUT2D eigenvalue weighted by molar-refractivity contribution is -0.136. The fourth-order valence-corrected chi connectivity index (χ4v) is 4.71. The van der Waals surface area contributed by atoms with Crippen LogP contribution in [0.15, 0.2) is 64.4 Å². The Kier molecular flexibility index (Phi) is 8.28. The molecular formula is C25H25FN2O7S. The molecule has 3 rings (SSSR count). The smallest absolute Gasteiger partial charge is 0.313 e. The summed E-state index contributed by atoms with van der Waals surface area (Å²) in [5.41, 5.74) is 1.57. The number of anilines is 1. The molecule has 0 aromatic heterocycles. The zero-order valence-corrected chi connectivity index (χ0v) is 20.6. The number of ether oxygens (including phenoxy) is 2. The lowest BCUT2D eigenvalue weighted by atomic mass is 10.1. The summed E-state index contributed by atoms with van der Waals surface area (Å²) < 4.78 is 49.9. The van der Waals surface area contributed by atoms with Gasteiger partial charge in [-0.2, -0.15) is 0 Å². The van der Waals surface area contributed by atoms with E-state index >= 15 is 0 Å². The third-order valence-electron chi connectivity index (χ3n) is 5.08. The maximum Gasteiger partial charge on any atom is 0.313 e. The molecule has 0 unspecified atom stereocenters. The average Bonchev–Trinajstić information content (AvgIpc) is 2.82. The number of carbonyl (C=O) groups excluding carboxylic acids is 2.